The molecule has 2 heterocycles. The Morgan fingerprint density at radius 3 is 2.68 bits per heavy atom. The van der Waals surface area contributed by atoms with E-state index in [-0.39, 0.29) is 24.4 Å². The standard InChI is InChI=1S/C22H20N2O4/c1-13(19-11-15-7-6-10-18(27-3)21(15)28-19)23-20(25)12-24-14(2)16-8-4-5-9-17(16)22(24)26/h4-11,13H,2,12H2,1,3H3,(H,23,25). The quantitative estimate of drug-likeness (QED) is 0.736. The number of rotatable bonds is 5. The highest BCUT2D eigenvalue weighted by Gasteiger charge is 2.32. The van der Waals surface area contributed by atoms with Crippen molar-refractivity contribution in [3.63, 3.8) is 0 Å². The molecule has 0 spiro atoms. The zero-order chi connectivity index (χ0) is 19.8. The van der Waals surface area contributed by atoms with Crippen LogP contribution in [0.3, 0.4) is 0 Å². The molecule has 28 heavy (non-hydrogen) atoms. The average molecular weight is 376 g/mol. The Hall–Kier alpha value is -3.54. The highest BCUT2D eigenvalue weighted by molar-refractivity contribution is 6.10. The van der Waals surface area contributed by atoms with Crippen molar-refractivity contribution in [1.29, 1.82) is 0 Å². The molecule has 1 N–H and O–H groups in total. The highest BCUT2D eigenvalue weighted by Crippen LogP contribution is 2.32. The largest absolute Gasteiger partial charge is 0.493 e. The molecule has 1 aliphatic heterocycles. The fraction of sp³-hybridized carbons (Fsp3) is 0.182. The van der Waals surface area contributed by atoms with Crippen LogP contribution in [0.15, 0.2) is 59.5 Å². The SMILES string of the molecule is C=C1c2ccccc2C(=O)N1CC(=O)NC(C)c1cc2cccc(OC)c2o1. The second kappa shape index (κ2) is 6.88. The summed E-state index contributed by atoms with van der Waals surface area (Å²) >= 11 is 0. The molecule has 0 radical (unpaired) electrons. The summed E-state index contributed by atoms with van der Waals surface area (Å²) in [7, 11) is 1.58. The first-order valence-electron chi connectivity index (χ1n) is 8.95. The molecule has 0 saturated carbocycles. The Kier molecular flexibility index (Phi) is 4.39. The van der Waals surface area contributed by atoms with Crippen LogP contribution in [0.5, 0.6) is 5.75 Å². The van der Waals surface area contributed by atoms with Crippen LogP contribution in [-0.2, 0) is 4.79 Å². The normalized spacial score (nSPS) is 14.3. The van der Waals surface area contributed by atoms with Crippen molar-refractivity contribution in [2.75, 3.05) is 13.7 Å². The third kappa shape index (κ3) is 2.93. The lowest BCUT2D eigenvalue weighted by molar-refractivity contribution is -0.122. The molecule has 2 amide bonds. The van der Waals surface area contributed by atoms with Crippen LogP contribution in [0, 0.1) is 0 Å². The van der Waals surface area contributed by atoms with Gasteiger partial charge in [-0.3, -0.25) is 14.5 Å². The van der Waals surface area contributed by atoms with Crippen molar-refractivity contribution >= 4 is 28.5 Å². The molecule has 4 rings (SSSR count). The number of para-hydroxylation sites is 1. The number of hydrogen-bond donors (Lipinski definition) is 1. The van der Waals surface area contributed by atoms with Crippen LogP contribution < -0.4 is 10.1 Å². The monoisotopic (exact) mass is 376 g/mol. The van der Waals surface area contributed by atoms with Crippen molar-refractivity contribution in [3.8, 4) is 5.75 Å². The first-order chi connectivity index (χ1) is 13.5. The number of amides is 2. The average Bonchev–Trinajstić information content (AvgIpc) is 3.24. The minimum Gasteiger partial charge on any atom is -0.493 e. The molecule has 0 aliphatic carbocycles. The maximum atomic E-state index is 12.6. The molecule has 0 saturated heterocycles. The van der Waals surface area contributed by atoms with Crippen LogP contribution in [0.2, 0.25) is 0 Å². The predicted molar refractivity (Wildman–Crippen MR) is 106 cm³/mol. The van der Waals surface area contributed by atoms with E-state index in [1.54, 1.807) is 19.2 Å². The van der Waals surface area contributed by atoms with E-state index in [2.05, 4.69) is 11.9 Å². The van der Waals surface area contributed by atoms with Gasteiger partial charge in [-0.25, -0.2) is 0 Å². The summed E-state index contributed by atoms with van der Waals surface area (Å²) in [5.41, 5.74) is 2.51. The number of nitrogens with one attached hydrogen (secondary N) is 1. The molecule has 142 valence electrons. The number of ether oxygens (including phenoxy) is 1. The number of benzene rings is 2. The zero-order valence-electron chi connectivity index (χ0n) is 15.7. The van der Waals surface area contributed by atoms with Gasteiger partial charge in [0.2, 0.25) is 5.91 Å². The smallest absolute Gasteiger partial charge is 0.259 e. The summed E-state index contributed by atoms with van der Waals surface area (Å²) in [6, 6.07) is 14.3. The van der Waals surface area contributed by atoms with Crippen LogP contribution in [0.4, 0.5) is 0 Å². The lowest BCUT2D eigenvalue weighted by Gasteiger charge is -2.18. The zero-order valence-corrected chi connectivity index (χ0v) is 15.7. The van der Waals surface area contributed by atoms with Gasteiger partial charge in [0.15, 0.2) is 11.3 Å². The van der Waals surface area contributed by atoms with Crippen molar-refractivity contribution in [3.05, 3.63) is 72.0 Å². The lowest BCUT2D eigenvalue weighted by atomic mass is 10.1. The Morgan fingerprint density at radius 2 is 1.96 bits per heavy atom. The van der Waals surface area contributed by atoms with Gasteiger partial charge in [-0.1, -0.05) is 36.9 Å². The Bertz CT molecular complexity index is 1060. The van der Waals surface area contributed by atoms with Gasteiger partial charge in [-0.15, -0.1) is 0 Å². The maximum absolute atomic E-state index is 12.6. The highest BCUT2D eigenvalue weighted by atomic mass is 16.5. The third-order valence-corrected chi connectivity index (χ3v) is 4.89. The second-order valence-corrected chi connectivity index (χ2v) is 6.70. The maximum Gasteiger partial charge on any atom is 0.259 e. The molecule has 6 nitrogen and oxygen atoms in total. The Balaban J connectivity index is 1.47. The second-order valence-electron chi connectivity index (χ2n) is 6.70. The number of hydrogen-bond acceptors (Lipinski definition) is 4. The van der Waals surface area contributed by atoms with Gasteiger partial charge in [0, 0.05) is 22.2 Å². The first kappa shape index (κ1) is 17.9. The predicted octanol–water partition coefficient (Wildman–Crippen LogP) is 3.75. The minimum absolute atomic E-state index is 0.0970. The molecular weight excluding hydrogens is 356 g/mol. The number of carbonyl (C=O) groups excluding carboxylic acids is 2. The number of carbonyl (C=O) groups is 2. The molecule has 3 aromatic rings. The number of furan rings is 1. The van der Waals surface area contributed by atoms with Gasteiger partial charge >= 0.3 is 0 Å². The van der Waals surface area contributed by atoms with Gasteiger partial charge in [0.25, 0.3) is 5.91 Å². The van der Waals surface area contributed by atoms with E-state index >= 15 is 0 Å². The van der Waals surface area contributed by atoms with E-state index in [1.165, 1.54) is 4.90 Å². The van der Waals surface area contributed by atoms with Crippen molar-refractivity contribution < 1.29 is 18.7 Å². The van der Waals surface area contributed by atoms with Crippen molar-refractivity contribution in [2.45, 2.75) is 13.0 Å². The van der Waals surface area contributed by atoms with Gasteiger partial charge in [-0.05, 0) is 25.1 Å². The Labute approximate surface area is 162 Å². The molecule has 0 bridgehead atoms. The summed E-state index contributed by atoms with van der Waals surface area (Å²) in [5, 5.41) is 3.78. The molecule has 2 aromatic carbocycles. The fourth-order valence-electron chi connectivity index (χ4n) is 3.43. The topological polar surface area (TPSA) is 71.8 Å². The lowest BCUT2D eigenvalue weighted by Crippen LogP contribution is -2.37. The summed E-state index contributed by atoms with van der Waals surface area (Å²) in [4.78, 5) is 26.5. The molecule has 1 atom stereocenters. The molecule has 1 unspecified atom stereocenters. The van der Waals surface area contributed by atoms with Crippen LogP contribution in [0.25, 0.3) is 16.7 Å². The number of methoxy groups -OCH3 is 1. The van der Waals surface area contributed by atoms with E-state index in [4.69, 9.17) is 9.15 Å². The van der Waals surface area contributed by atoms with Crippen LogP contribution in [0.1, 0.15) is 34.6 Å². The summed E-state index contributed by atoms with van der Waals surface area (Å²) in [6.45, 7) is 5.69. The summed E-state index contributed by atoms with van der Waals surface area (Å²) < 4.78 is 11.2. The van der Waals surface area contributed by atoms with Gasteiger partial charge in [0.1, 0.15) is 12.3 Å². The molecule has 6 heteroatoms. The van der Waals surface area contributed by atoms with E-state index in [1.807, 2.05) is 43.3 Å². The van der Waals surface area contributed by atoms with Crippen molar-refractivity contribution in [1.82, 2.24) is 10.2 Å². The van der Waals surface area contributed by atoms with E-state index in [9.17, 15) is 9.59 Å². The first-order valence-corrected chi connectivity index (χ1v) is 8.95. The molecule has 1 aromatic heterocycles. The van der Waals surface area contributed by atoms with E-state index in [0.717, 1.165) is 10.9 Å². The van der Waals surface area contributed by atoms with Crippen LogP contribution >= 0.6 is 0 Å². The summed E-state index contributed by atoms with van der Waals surface area (Å²) in [5.74, 6) is 0.751. The number of nitrogens with zero attached hydrogens (tertiary/aromatic N) is 1. The molecule has 1 aliphatic rings. The van der Waals surface area contributed by atoms with Gasteiger partial charge < -0.3 is 14.5 Å². The number of fused-ring (bicyclic) bond motifs is 2. The summed E-state index contributed by atoms with van der Waals surface area (Å²) in [6.07, 6.45) is 0. The van der Waals surface area contributed by atoms with Gasteiger partial charge in [-0.2, -0.15) is 0 Å². The van der Waals surface area contributed by atoms with Gasteiger partial charge in [0.05, 0.1) is 13.2 Å². The minimum atomic E-state index is -0.363. The van der Waals surface area contributed by atoms with E-state index < -0.39 is 0 Å². The van der Waals surface area contributed by atoms with Crippen LogP contribution in [-0.4, -0.2) is 30.4 Å². The fourth-order valence-corrected chi connectivity index (χ4v) is 3.43. The van der Waals surface area contributed by atoms with Crippen molar-refractivity contribution in [2.24, 2.45) is 0 Å². The molecule has 0 fully saturated rings. The molecular formula is C22H20N2O4. The van der Waals surface area contributed by atoms with E-state index in [0.29, 0.717) is 28.4 Å². The third-order valence-electron chi connectivity index (χ3n) is 4.89. The Morgan fingerprint density at radius 1 is 1.21 bits per heavy atom.